The third-order valence-corrected chi connectivity index (χ3v) is 1.82. The third-order valence-electron chi connectivity index (χ3n) is 1.82. The van der Waals surface area contributed by atoms with E-state index in [1.54, 1.807) is 6.20 Å². The second-order valence-electron chi connectivity index (χ2n) is 3.27. The standard InChI is InChI=1S/C10H15N3/c1-8(2)13-7-9(3)10(12-13)5-6-11-4/h5-8H,4H2,1-3H3/b6-5-. The van der Waals surface area contributed by atoms with Crippen LogP contribution in [0, 0.1) is 6.92 Å². The maximum absolute atomic E-state index is 4.39. The van der Waals surface area contributed by atoms with E-state index < -0.39 is 0 Å². The van der Waals surface area contributed by atoms with E-state index in [4.69, 9.17) is 0 Å². The molecule has 0 atom stereocenters. The molecule has 1 heterocycles. The Hall–Kier alpha value is -1.38. The Labute approximate surface area is 78.8 Å². The van der Waals surface area contributed by atoms with Crippen molar-refractivity contribution in [2.45, 2.75) is 26.8 Å². The van der Waals surface area contributed by atoms with Crippen molar-refractivity contribution in [2.75, 3.05) is 0 Å². The molecule has 0 spiro atoms. The molecule has 0 radical (unpaired) electrons. The average Bonchev–Trinajstić information content (AvgIpc) is 2.44. The molecule has 0 N–H and O–H groups in total. The summed E-state index contributed by atoms with van der Waals surface area (Å²) in [6, 6.07) is 0.401. The zero-order chi connectivity index (χ0) is 9.84. The zero-order valence-electron chi connectivity index (χ0n) is 8.36. The van der Waals surface area contributed by atoms with Gasteiger partial charge in [0.1, 0.15) is 0 Å². The molecule has 3 heteroatoms. The molecule has 0 aromatic carbocycles. The normalized spacial score (nSPS) is 11.4. The van der Waals surface area contributed by atoms with Gasteiger partial charge in [-0.15, -0.1) is 0 Å². The molecule has 0 aliphatic carbocycles. The van der Waals surface area contributed by atoms with Crippen LogP contribution >= 0.6 is 0 Å². The predicted molar refractivity (Wildman–Crippen MR) is 55.9 cm³/mol. The van der Waals surface area contributed by atoms with Gasteiger partial charge in [-0.05, 0) is 39.1 Å². The molecule has 0 fully saturated rings. The van der Waals surface area contributed by atoms with Crippen LogP contribution in [0.3, 0.4) is 0 Å². The van der Waals surface area contributed by atoms with Crippen LogP contribution in [-0.4, -0.2) is 16.5 Å². The Balaban J connectivity index is 2.96. The monoisotopic (exact) mass is 177 g/mol. The van der Waals surface area contributed by atoms with Crippen molar-refractivity contribution >= 4 is 12.8 Å². The molecule has 1 aromatic rings. The highest BCUT2D eigenvalue weighted by Crippen LogP contribution is 2.11. The van der Waals surface area contributed by atoms with Crippen LogP contribution in [0.5, 0.6) is 0 Å². The van der Waals surface area contributed by atoms with Crippen molar-refractivity contribution < 1.29 is 0 Å². The quantitative estimate of drug-likeness (QED) is 0.652. The molecule has 0 amide bonds. The topological polar surface area (TPSA) is 30.2 Å². The largest absolute Gasteiger partial charge is 0.272 e. The average molecular weight is 177 g/mol. The van der Waals surface area contributed by atoms with Crippen LogP contribution in [0.15, 0.2) is 17.4 Å². The number of aryl methyl sites for hydroxylation is 1. The molecule has 0 saturated carbocycles. The fraction of sp³-hybridized carbons (Fsp3) is 0.400. The minimum absolute atomic E-state index is 0.401. The molecule has 0 aliphatic heterocycles. The maximum atomic E-state index is 4.39. The summed E-state index contributed by atoms with van der Waals surface area (Å²) in [5.41, 5.74) is 2.12. The number of aliphatic imine (C=N–C) groups is 1. The molecular formula is C10H15N3. The van der Waals surface area contributed by atoms with Gasteiger partial charge < -0.3 is 0 Å². The molecule has 1 aromatic heterocycles. The molecule has 13 heavy (non-hydrogen) atoms. The van der Waals surface area contributed by atoms with E-state index in [9.17, 15) is 0 Å². The van der Waals surface area contributed by atoms with Crippen LogP contribution in [0.1, 0.15) is 31.1 Å². The zero-order valence-corrected chi connectivity index (χ0v) is 8.36. The highest BCUT2D eigenvalue weighted by molar-refractivity contribution is 5.49. The Kier molecular flexibility index (Phi) is 3.01. The van der Waals surface area contributed by atoms with Gasteiger partial charge in [-0.25, -0.2) is 0 Å². The molecule has 3 nitrogen and oxygen atoms in total. The summed E-state index contributed by atoms with van der Waals surface area (Å²) in [5.74, 6) is 0. The van der Waals surface area contributed by atoms with Crippen LogP contribution in [-0.2, 0) is 0 Å². The van der Waals surface area contributed by atoms with Gasteiger partial charge in [-0.2, -0.15) is 5.10 Å². The molecule has 70 valence electrons. The summed E-state index contributed by atoms with van der Waals surface area (Å²) in [7, 11) is 0. The van der Waals surface area contributed by atoms with Gasteiger partial charge in [0.15, 0.2) is 0 Å². The van der Waals surface area contributed by atoms with E-state index in [2.05, 4.69) is 30.7 Å². The first-order chi connectivity index (χ1) is 6.15. The van der Waals surface area contributed by atoms with Gasteiger partial charge in [-0.1, -0.05) is 0 Å². The second-order valence-corrected chi connectivity index (χ2v) is 3.27. The van der Waals surface area contributed by atoms with Crippen LogP contribution in [0.2, 0.25) is 0 Å². The molecule has 1 rings (SSSR count). The maximum Gasteiger partial charge on any atom is 0.0895 e. The van der Waals surface area contributed by atoms with Crippen LogP contribution in [0.25, 0.3) is 6.08 Å². The van der Waals surface area contributed by atoms with Gasteiger partial charge in [0.25, 0.3) is 0 Å². The van der Waals surface area contributed by atoms with E-state index in [1.165, 1.54) is 0 Å². The van der Waals surface area contributed by atoms with Gasteiger partial charge >= 0.3 is 0 Å². The van der Waals surface area contributed by atoms with E-state index in [0.717, 1.165) is 11.3 Å². The smallest absolute Gasteiger partial charge is 0.0895 e. The summed E-state index contributed by atoms with van der Waals surface area (Å²) in [6.45, 7) is 9.62. The van der Waals surface area contributed by atoms with E-state index in [-0.39, 0.29) is 0 Å². The molecular weight excluding hydrogens is 162 g/mol. The SMILES string of the molecule is C=N/C=C\c1nn(C(C)C)cc1C. The van der Waals surface area contributed by atoms with Crippen molar-refractivity contribution in [1.82, 2.24) is 9.78 Å². The predicted octanol–water partition coefficient (Wildman–Crippen LogP) is 2.44. The lowest BCUT2D eigenvalue weighted by Gasteiger charge is -2.02. The first kappa shape index (κ1) is 9.71. The number of nitrogens with zero attached hydrogens (tertiary/aromatic N) is 3. The minimum Gasteiger partial charge on any atom is -0.272 e. The minimum atomic E-state index is 0.401. The van der Waals surface area contributed by atoms with Crippen molar-refractivity contribution in [3.63, 3.8) is 0 Å². The number of rotatable bonds is 3. The summed E-state index contributed by atoms with van der Waals surface area (Å²) < 4.78 is 1.94. The van der Waals surface area contributed by atoms with Crippen molar-refractivity contribution in [3.05, 3.63) is 23.7 Å². The molecule has 0 unspecified atom stereocenters. The summed E-state index contributed by atoms with van der Waals surface area (Å²) >= 11 is 0. The Bertz CT molecular complexity index is 321. The van der Waals surface area contributed by atoms with Gasteiger partial charge in [0, 0.05) is 18.4 Å². The lowest BCUT2D eigenvalue weighted by atomic mass is 10.3. The fourth-order valence-corrected chi connectivity index (χ4v) is 1.05. The van der Waals surface area contributed by atoms with Crippen LogP contribution < -0.4 is 0 Å². The van der Waals surface area contributed by atoms with E-state index >= 15 is 0 Å². The first-order valence-corrected chi connectivity index (χ1v) is 4.33. The van der Waals surface area contributed by atoms with Gasteiger partial charge in [-0.3, -0.25) is 9.67 Å². The summed E-state index contributed by atoms with van der Waals surface area (Å²) in [6.07, 6.45) is 5.55. The van der Waals surface area contributed by atoms with Crippen molar-refractivity contribution in [3.8, 4) is 0 Å². The lowest BCUT2D eigenvalue weighted by Crippen LogP contribution is -2.00. The van der Waals surface area contributed by atoms with E-state index in [1.807, 2.05) is 23.9 Å². The Morgan fingerprint density at radius 2 is 2.31 bits per heavy atom. The number of hydrogen-bond acceptors (Lipinski definition) is 2. The molecule has 0 bridgehead atoms. The van der Waals surface area contributed by atoms with Gasteiger partial charge in [0.2, 0.25) is 0 Å². The number of aromatic nitrogens is 2. The van der Waals surface area contributed by atoms with E-state index in [0.29, 0.717) is 6.04 Å². The first-order valence-electron chi connectivity index (χ1n) is 4.33. The lowest BCUT2D eigenvalue weighted by molar-refractivity contribution is 0.531. The Morgan fingerprint density at radius 3 is 2.77 bits per heavy atom. The highest BCUT2D eigenvalue weighted by Gasteiger charge is 2.03. The fourth-order valence-electron chi connectivity index (χ4n) is 1.05. The summed E-state index contributed by atoms with van der Waals surface area (Å²) in [5, 5.41) is 4.39. The third kappa shape index (κ3) is 2.28. The van der Waals surface area contributed by atoms with Crippen LogP contribution in [0.4, 0.5) is 0 Å². The van der Waals surface area contributed by atoms with Gasteiger partial charge in [0.05, 0.1) is 5.69 Å². The van der Waals surface area contributed by atoms with Crippen molar-refractivity contribution in [2.24, 2.45) is 4.99 Å². The molecule has 0 saturated heterocycles. The highest BCUT2D eigenvalue weighted by atomic mass is 15.3. The second kappa shape index (κ2) is 4.03. The van der Waals surface area contributed by atoms with Crippen molar-refractivity contribution in [1.29, 1.82) is 0 Å². The molecule has 0 aliphatic rings. The summed E-state index contributed by atoms with van der Waals surface area (Å²) in [4.78, 5) is 3.65. The number of hydrogen-bond donors (Lipinski definition) is 0. The Morgan fingerprint density at radius 1 is 1.62 bits per heavy atom.